The molecule has 0 unspecified atom stereocenters. The van der Waals surface area contributed by atoms with Gasteiger partial charge in [0, 0.05) is 22.1 Å². The van der Waals surface area contributed by atoms with Crippen molar-refractivity contribution in [3.8, 4) is 78.4 Å². The number of fused-ring (bicyclic) bond motifs is 4. The maximum Gasteiger partial charge on any atom is 0.160 e. The minimum atomic E-state index is -0.0441. The minimum Gasteiger partial charge on any atom is -0.228 e. The third-order valence-corrected chi connectivity index (χ3v) is 11.3. The molecule has 9 aromatic rings. The molecular formula is C53H38N2. The van der Waals surface area contributed by atoms with E-state index in [2.05, 4.69) is 190 Å². The Bertz CT molecular complexity index is 2890. The predicted octanol–water partition coefficient (Wildman–Crippen LogP) is 13.9. The molecular weight excluding hydrogens is 665 g/mol. The number of aromatic nitrogens is 2. The highest BCUT2D eigenvalue weighted by atomic mass is 14.9. The Kier molecular flexibility index (Phi) is 7.85. The molecule has 0 aliphatic heterocycles. The molecule has 1 aliphatic carbocycles. The molecule has 0 radical (unpaired) electrons. The molecule has 0 N–H and O–H groups in total. The van der Waals surface area contributed by atoms with E-state index in [9.17, 15) is 0 Å². The summed E-state index contributed by atoms with van der Waals surface area (Å²) in [6, 6.07) is 69.6. The third kappa shape index (κ3) is 5.75. The fraction of sp³-hybridized carbons (Fsp3) is 0.0566. The number of rotatable bonds is 6. The standard InChI is InChI=1S/C53H38N2/c1-53(2)48-26-12-11-25-45(48)46-28-27-39(33-49(46)53)38-20-13-21-40(31-38)42-29-30-47(44-24-10-9-23-43(42)44)51-34-50(54-52(55-51)36-17-7-4-8-18-36)41-22-14-19-37(32-41)35-15-5-3-6-16-35/h3-34H,1-2H3. The van der Waals surface area contributed by atoms with Crippen LogP contribution in [0.1, 0.15) is 25.0 Å². The van der Waals surface area contributed by atoms with Crippen molar-refractivity contribution < 1.29 is 0 Å². The molecule has 1 aliphatic rings. The van der Waals surface area contributed by atoms with Crippen LogP contribution >= 0.6 is 0 Å². The van der Waals surface area contributed by atoms with Crippen molar-refractivity contribution in [3.05, 3.63) is 205 Å². The summed E-state index contributed by atoms with van der Waals surface area (Å²) < 4.78 is 0. The Hall–Kier alpha value is -6.90. The van der Waals surface area contributed by atoms with Gasteiger partial charge in [-0.25, -0.2) is 9.97 Å². The second-order valence-corrected chi connectivity index (χ2v) is 15.0. The normalized spacial score (nSPS) is 12.7. The summed E-state index contributed by atoms with van der Waals surface area (Å²) in [4.78, 5) is 10.4. The van der Waals surface area contributed by atoms with Crippen LogP contribution in [-0.2, 0) is 5.41 Å². The third-order valence-electron chi connectivity index (χ3n) is 11.3. The molecule has 0 bridgehead atoms. The molecule has 0 saturated heterocycles. The van der Waals surface area contributed by atoms with Crippen LogP contribution in [0.2, 0.25) is 0 Å². The Morgan fingerprint density at radius 1 is 0.309 bits per heavy atom. The van der Waals surface area contributed by atoms with Gasteiger partial charge in [-0.05, 0) is 90.7 Å². The summed E-state index contributed by atoms with van der Waals surface area (Å²) in [6.45, 7) is 4.69. The van der Waals surface area contributed by atoms with Gasteiger partial charge in [0.2, 0.25) is 0 Å². The smallest absolute Gasteiger partial charge is 0.160 e. The van der Waals surface area contributed by atoms with Gasteiger partial charge in [-0.1, -0.05) is 184 Å². The lowest BCUT2D eigenvalue weighted by Crippen LogP contribution is -2.14. The van der Waals surface area contributed by atoms with Crippen LogP contribution in [-0.4, -0.2) is 9.97 Å². The maximum atomic E-state index is 5.23. The molecule has 2 nitrogen and oxygen atoms in total. The van der Waals surface area contributed by atoms with Crippen molar-refractivity contribution in [2.24, 2.45) is 0 Å². The average molecular weight is 703 g/mol. The van der Waals surface area contributed by atoms with Crippen molar-refractivity contribution in [2.45, 2.75) is 19.3 Å². The first-order valence-electron chi connectivity index (χ1n) is 19.0. The Balaban J connectivity index is 1.08. The molecule has 0 atom stereocenters. The molecule has 10 rings (SSSR count). The fourth-order valence-corrected chi connectivity index (χ4v) is 8.46. The van der Waals surface area contributed by atoms with E-state index in [1.165, 1.54) is 55.5 Å². The molecule has 8 aromatic carbocycles. The maximum absolute atomic E-state index is 5.23. The van der Waals surface area contributed by atoms with Crippen LogP contribution in [0.3, 0.4) is 0 Å². The molecule has 260 valence electrons. The summed E-state index contributed by atoms with van der Waals surface area (Å²) in [6.07, 6.45) is 0. The van der Waals surface area contributed by atoms with Gasteiger partial charge in [-0.2, -0.15) is 0 Å². The van der Waals surface area contributed by atoms with Crippen LogP contribution in [0.15, 0.2) is 194 Å². The summed E-state index contributed by atoms with van der Waals surface area (Å²) >= 11 is 0. The van der Waals surface area contributed by atoms with E-state index < -0.39 is 0 Å². The first-order valence-corrected chi connectivity index (χ1v) is 19.0. The van der Waals surface area contributed by atoms with Gasteiger partial charge in [-0.3, -0.25) is 0 Å². The minimum absolute atomic E-state index is 0.0441. The van der Waals surface area contributed by atoms with Crippen molar-refractivity contribution in [1.29, 1.82) is 0 Å². The first kappa shape index (κ1) is 32.7. The number of hydrogen-bond acceptors (Lipinski definition) is 2. The molecule has 2 heteroatoms. The van der Waals surface area contributed by atoms with Crippen LogP contribution in [0.5, 0.6) is 0 Å². The quantitative estimate of drug-likeness (QED) is 0.172. The summed E-state index contributed by atoms with van der Waals surface area (Å²) in [5.74, 6) is 0.708. The Morgan fingerprint density at radius 3 is 1.60 bits per heavy atom. The van der Waals surface area contributed by atoms with Gasteiger partial charge in [0.25, 0.3) is 0 Å². The highest BCUT2D eigenvalue weighted by molar-refractivity contribution is 6.05. The number of benzene rings is 8. The molecule has 1 heterocycles. The molecule has 0 saturated carbocycles. The lowest BCUT2D eigenvalue weighted by Gasteiger charge is -2.22. The van der Waals surface area contributed by atoms with E-state index in [1.54, 1.807) is 0 Å². The van der Waals surface area contributed by atoms with Gasteiger partial charge < -0.3 is 0 Å². The number of hydrogen-bond donors (Lipinski definition) is 0. The van der Waals surface area contributed by atoms with E-state index >= 15 is 0 Å². The van der Waals surface area contributed by atoms with Gasteiger partial charge in [0.1, 0.15) is 0 Å². The summed E-state index contributed by atoms with van der Waals surface area (Å²) in [7, 11) is 0. The molecule has 0 spiro atoms. The van der Waals surface area contributed by atoms with E-state index in [1.807, 2.05) is 18.2 Å². The largest absolute Gasteiger partial charge is 0.228 e. The average Bonchev–Trinajstić information content (AvgIpc) is 3.49. The predicted molar refractivity (Wildman–Crippen MR) is 230 cm³/mol. The highest BCUT2D eigenvalue weighted by Crippen LogP contribution is 2.49. The Morgan fingerprint density at radius 2 is 0.818 bits per heavy atom. The van der Waals surface area contributed by atoms with Crippen molar-refractivity contribution in [1.82, 2.24) is 9.97 Å². The van der Waals surface area contributed by atoms with Gasteiger partial charge in [-0.15, -0.1) is 0 Å². The van der Waals surface area contributed by atoms with Crippen molar-refractivity contribution in [3.63, 3.8) is 0 Å². The SMILES string of the molecule is CC1(C)c2ccccc2-c2ccc(-c3cccc(-c4ccc(-c5cc(-c6cccc(-c7ccccc7)c6)nc(-c6ccccc6)n5)c5ccccc45)c3)cc21. The summed E-state index contributed by atoms with van der Waals surface area (Å²) in [5.41, 5.74) is 17.5. The van der Waals surface area contributed by atoms with Gasteiger partial charge >= 0.3 is 0 Å². The zero-order valence-corrected chi connectivity index (χ0v) is 30.9. The second kappa shape index (κ2) is 13.2. The second-order valence-electron chi connectivity index (χ2n) is 15.0. The van der Waals surface area contributed by atoms with Crippen LogP contribution in [0.4, 0.5) is 0 Å². The monoisotopic (exact) mass is 702 g/mol. The zero-order chi connectivity index (χ0) is 36.9. The van der Waals surface area contributed by atoms with E-state index in [0.717, 1.165) is 39.0 Å². The van der Waals surface area contributed by atoms with Crippen LogP contribution in [0.25, 0.3) is 89.2 Å². The van der Waals surface area contributed by atoms with Gasteiger partial charge in [0.05, 0.1) is 11.4 Å². The molecule has 0 amide bonds. The fourth-order valence-electron chi connectivity index (χ4n) is 8.46. The zero-order valence-electron chi connectivity index (χ0n) is 30.9. The van der Waals surface area contributed by atoms with E-state index in [-0.39, 0.29) is 5.41 Å². The molecule has 1 aromatic heterocycles. The van der Waals surface area contributed by atoms with Crippen molar-refractivity contribution in [2.75, 3.05) is 0 Å². The first-order chi connectivity index (χ1) is 27.0. The van der Waals surface area contributed by atoms with Crippen molar-refractivity contribution >= 4 is 10.8 Å². The number of nitrogens with zero attached hydrogens (tertiary/aromatic N) is 2. The lowest BCUT2D eigenvalue weighted by molar-refractivity contribution is 0.660. The van der Waals surface area contributed by atoms with E-state index in [0.29, 0.717) is 5.82 Å². The van der Waals surface area contributed by atoms with Gasteiger partial charge in [0.15, 0.2) is 5.82 Å². The molecule has 0 fully saturated rings. The summed E-state index contributed by atoms with van der Waals surface area (Å²) in [5, 5.41) is 2.35. The highest BCUT2D eigenvalue weighted by Gasteiger charge is 2.35. The van der Waals surface area contributed by atoms with Crippen LogP contribution < -0.4 is 0 Å². The van der Waals surface area contributed by atoms with E-state index in [4.69, 9.17) is 9.97 Å². The van der Waals surface area contributed by atoms with Crippen LogP contribution in [0, 0.1) is 0 Å². The lowest BCUT2D eigenvalue weighted by atomic mass is 9.81. The Labute approximate surface area is 322 Å². The topological polar surface area (TPSA) is 25.8 Å². The molecule has 55 heavy (non-hydrogen) atoms.